The summed E-state index contributed by atoms with van der Waals surface area (Å²) in [6.45, 7) is 4.89. The van der Waals surface area contributed by atoms with Crippen molar-refractivity contribution in [2.24, 2.45) is 0 Å². The van der Waals surface area contributed by atoms with Crippen molar-refractivity contribution >= 4 is 5.91 Å². The molecular weight excluding hydrogens is 392 g/mol. The molecule has 1 aliphatic rings. The van der Waals surface area contributed by atoms with Crippen molar-refractivity contribution in [3.05, 3.63) is 66.5 Å². The number of aromatic nitrogens is 2. The number of piperazine rings is 1. The molecule has 0 unspecified atom stereocenters. The van der Waals surface area contributed by atoms with E-state index in [4.69, 9.17) is 9.47 Å². The smallest absolute Gasteiger partial charge is 0.254 e. The Hall–Kier alpha value is -3.32. The maximum atomic E-state index is 13.0. The van der Waals surface area contributed by atoms with Crippen molar-refractivity contribution in [2.45, 2.75) is 6.54 Å². The van der Waals surface area contributed by atoms with Crippen molar-refractivity contribution in [1.82, 2.24) is 19.4 Å². The highest BCUT2D eigenvalue weighted by Crippen LogP contribution is 2.24. The van der Waals surface area contributed by atoms with Gasteiger partial charge in [-0.15, -0.1) is 0 Å². The lowest BCUT2D eigenvalue weighted by Gasteiger charge is -2.35. The first-order valence-corrected chi connectivity index (χ1v) is 10.5. The number of hydrogen-bond donors (Lipinski definition) is 0. The topological polar surface area (TPSA) is 59.8 Å². The van der Waals surface area contributed by atoms with Gasteiger partial charge in [0.05, 0.1) is 14.2 Å². The fraction of sp³-hybridized carbons (Fsp3) is 0.333. The number of hydrogen-bond acceptors (Lipinski definition) is 5. The summed E-state index contributed by atoms with van der Waals surface area (Å²) in [4.78, 5) is 21.8. The second kappa shape index (κ2) is 9.66. The van der Waals surface area contributed by atoms with E-state index in [1.54, 1.807) is 32.4 Å². The minimum Gasteiger partial charge on any atom is -0.497 e. The Bertz CT molecular complexity index is 988. The van der Waals surface area contributed by atoms with Crippen LogP contribution in [0.25, 0.3) is 11.4 Å². The molecule has 4 rings (SSSR count). The molecule has 31 heavy (non-hydrogen) atoms. The van der Waals surface area contributed by atoms with E-state index in [1.165, 1.54) is 0 Å². The fourth-order valence-corrected chi connectivity index (χ4v) is 3.87. The number of carbonyl (C=O) groups excluding carboxylic acids is 1. The van der Waals surface area contributed by atoms with Crippen molar-refractivity contribution in [1.29, 1.82) is 0 Å². The van der Waals surface area contributed by atoms with Crippen LogP contribution in [0.5, 0.6) is 11.5 Å². The van der Waals surface area contributed by atoms with Crippen LogP contribution in [-0.2, 0) is 6.54 Å². The van der Waals surface area contributed by atoms with E-state index in [2.05, 4.69) is 26.6 Å². The number of imidazole rings is 1. The van der Waals surface area contributed by atoms with Gasteiger partial charge in [0.25, 0.3) is 5.91 Å². The molecule has 0 bridgehead atoms. The molecule has 0 spiro atoms. The zero-order valence-electron chi connectivity index (χ0n) is 18.0. The summed E-state index contributed by atoms with van der Waals surface area (Å²) in [5, 5.41) is 0. The molecule has 7 nitrogen and oxygen atoms in total. The van der Waals surface area contributed by atoms with Crippen LogP contribution in [0.3, 0.4) is 0 Å². The predicted octanol–water partition coefficient (Wildman–Crippen LogP) is 3.03. The average Bonchev–Trinajstić information content (AvgIpc) is 3.31. The zero-order chi connectivity index (χ0) is 21.6. The van der Waals surface area contributed by atoms with Crippen LogP contribution in [0.15, 0.2) is 60.9 Å². The molecule has 1 aromatic heterocycles. The number of amides is 1. The molecule has 0 aliphatic carbocycles. The lowest BCUT2D eigenvalue weighted by atomic mass is 10.1. The maximum Gasteiger partial charge on any atom is 0.254 e. The average molecular weight is 421 g/mol. The van der Waals surface area contributed by atoms with E-state index >= 15 is 0 Å². The molecule has 1 fully saturated rings. The minimum atomic E-state index is 0.0119. The first-order valence-electron chi connectivity index (χ1n) is 10.5. The van der Waals surface area contributed by atoms with Crippen molar-refractivity contribution in [3.63, 3.8) is 0 Å². The van der Waals surface area contributed by atoms with E-state index in [-0.39, 0.29) is 5.91 Å². The third kappa shape index (κ3) is 4.88. The molecule has 0 N–H and O–H groups in total. The van der Waals surface area contributed by atoms with Crippen LogP contribution >= 0.6 is 0 Å². The number of nitrogens with zero attached hydrogens (tertiary/aromatic N) is 4. The van der Waals surface area contributed by atoms with Gasteiger partial charge in [-0.25, -0.2) is 4.98 Å². The highest BCUT2D eigenvalue weighted by Gasteiger charge is 2.23. The van der Waals surface area contributed by atoms with E-state index in [9.17, 15) is 4.79 Å². The summed E-state index contributed by atoms with van der Waals surface area (Å²) in [6.07, 6.45) is 3.87. The SMILES string of the molecule is COc1cc(OC)cc(C(=O)N2CCN(CCn3ccnc3-c3ccccc3)CC2)c1. The number of rotatable bonds is 7. The van der Waals surface area contributed by atoms with Gasteiger partial charge in [-0.3, -0.25) is 9.69 Å². The van der Waals surface area contributed by atoms with Crippen LogP contribution in [0, 0.1) is 0 Å². The van der Waals surface area contributed by atoms with Gasteiger partial charge in [0.15, 0.2) is 0 Å². The summed E-state index contributed by atoms with van der Waals surface area (Å²) >= 11 is 0. The van der Waals surface area contributed by atoms with Crippen LogP contribution in [0.4, 0.5) is 0 Å². The molecule has 1 amide bonds. The number of ether oxygens (including phenoxy) is 2. The quantitative estimate of drug-likeness (QED) is 0.588. The second-order valence-electron chi connectivity index (χ2n) is 7.55. The molecule has 1 saturated heterocycles. The Morgan fingerprint density at radius 2 is 1.61 bits per heavy atom. The van der Waals surface area contributed by atoms with Gasteiger partial charge in [0, 0.05) is 68.9 Å². The molecule has 162 valence electrons. The van der Waals surface area contributed by atoms with Crippen LogP contribution in [0.1, 0.15) is 10.4 Å². The summed E-state index contributed by atoms with van der Waals surface area (Å²) in [6, 6.07) is 15.5. The third-order valence-electron chi connectivity index (χ3n) is 5.66. The Morgan fingerprint density at radius 1 is 0.935 bits per heavy atom. The monoisotopic (exact) mass is 420 g/mol. The first kappa shape index (κ1) is 20.9. The number of benzene rings is 2. The van der Waals surface area contributed by atoms with Crippen LogP contribution in [0.2, 0.25) is 0 Å². The van der Waals surface area contributed by atoms with Gasteiger partial charge in [0.2, 0.25) is 0 Å². The van der Waals surface area contributed by atoms with E-state index < -0.39 is 0 Å². The van der Waals surface area contributed by atoms with Crippen molar-refractivity contribution in [3.8, 4) is 22.9 Å². The Balaban J connectivity index is 1.33. The lowest BCUT2D eigenvalue weighted by Crippen LogP contribution is -2.49. The highest BCUT2D eigenvalue weighted by atomic mass is 16.5. The van der Waals surface area contributed by atoms with Gasteiger partial charge < -0.3 is 18.9 Å². The van der Waals surface area contributed by atoms with Crippen LogP contribution in [-0.4, -0.2) is 72.2 Å². The molecule has 1 aliphatic heterocycles. The second-order valence-corrected chi connectivity index (χ2v) is 7.55. The number of carbonyl (C=O) groups is 1. The highest BCUT2D eigenvalue weighted by molar-refractivity contribution is 5.95. The standard InChI is InChI=1S/C24H28N4O3/c1-30-21-16-20(17-22(18-21)31-2)24(29)28-14-11-26(12-15-28)10-13-27-9-8-25-23(27)19-6-4-3-5-7-19/h3-9,16-18H,10-15H2,1-2H3. The minimum absolute atomic E-state index is 0.0119. The molecule has 0 radical (unpaired) electrons. The normalized spacial score (nSPS) is 14.5. The Kier molecular flexibility index (Phi) is 6.52. The molecular formula is C24H28N4O3. The number of methoxy groups -OCH3 is 2. The Morgan fingerprint density at radius 3 is 2.26 bits per heavy atom. The van der Waals surface area contributed by atoms with E-state index in [1.807, 2.05) is 35.5 Å². The summed E-state index contributed by atoms with van der Waals surface area (Å²) in [7, 11) is 3.18. The molecule has 2 aromatic carbocycles. The van der Waals surface area contributed by atoms with Gasteiger partial charge in [-0.1, -0.05) is 30.3 Å². The molecule has 0 saturated carbocycles. The molecule has 3 aromatic rings. The first-order chi connectivity index (χ1) is 15.2. The zero-order valence-corrected chi connectivity index (χ0v) is 18.0. The Labute approximate surface area is 182 Å². The van der Waals surface area contributed by atoms with Crippen LogP contribution < -0.4 is 9.47 Å². The summed E-state index contributed by atoms with van der Waals surface area (Å²) in [5.41, 5.74) is 1.72. The van der Waals surface area contributed by atoms with E-state index in [0.29, 0.717) is 30.2 Å². The van der Waals surface area contributed by atoms with Gasteiger partial charge in [-0.05, 0) is 12.1 Å². The van der Waals surface area contributed by atoms with Gasteiger partial charge >= 0.3 is 0 Å². The van der Waals surface area contributed by atoms with E-state index in [0.717, 1.165) is 37.6 Å². The largest absolute Gasteiger partial charge is 0.497 e. The summed E-state index contributed by atoms with van der Waals surface area (Å²) < 4.78 is 12.8. The lowest BCUT2D eigenvalue weighted by molar-refractivity contribution is 0.0632. The third-order valence-corrected chi connectivity index (χ3v) is 5.66. The fourth-order valence-electron chi connectivity index (χ4n) is 3.87. The predicted molar refractivity (Wildman–Crippen MR) is 120 cm³/mol. The molecule has 0 atom stereocenters. The summed E-state index contributed by atoms with van der Waals surface area (Å²) in [5.74, 6) is 2.24. The van der Waals surface area contributed by atoms with Gasteiger partial charge in [-0.2, -0.15) is 0 Å². The maximum absolute atomic E-state index is 13.0. The van der Waals surface area contributed by atoms with Crippen molar-refractivity contribution in [2.75, 3.05) is 46.9 Å². The van der Waals surface area contributed by atoms with Crippen molar-refractivity contribution < 1.29 is 14.3 Å². The molecule has 2 heterocycles. The van der Waals surface area contributed by atoms with Gasteiger partial charge in [0.1, 0.15) is 17.3 Å². The molecule has 7 heteroatoms.